The maximum absolute atomic E-state index is 14.3. The summed E-state index contributed by atoms with van der Waals surface area (Å²) >= 11 is 0. The van der Waals surface area contributed by atoms with Crippen molar-refractivity contribution in [1.29, 1.82) is 0 Å². The first-order valence-corrected chi connectivity index (χ1v) is 23.6. The standard InChI is InChI=1S/C48H72N12O13/c1-26(23-27(2)37(73-7)24-31-13-9-8-10-14-31)17-18-32-28(3)40(63)58-35(45(68)69)19-20-39(62)60(6)30(5)42(65)54-29(4)41(64)57-34(16-11-21-52-47(49)50)44(67)59-36(46(70)71)25-38(61)55-33(43(66)56-32)15-12-22-53-48(51)72/h8-10,13-14,17-18,23,27-29,32-37H,5,11-12,15-16,19-22,24-25H2,1-4,6-7H3,(H,54,65)(H,55,61)(H,56,66)(H,57,64)(H,58,63)(H,59,67)(H,68,69)(H,70,71)(H4,49,50,52)(H3,51,53,72). The van der Waals surface area contributed by atoms with Crippen molar-refractivity contribution in [2.24, 2.45) is 34.0 Å². The number of guanidine groups is 1. The van der Waals surface area contributed by atoms with Gasteiger partial charge in [-0.3, -0.25) is 38.6 Å². The number of aliphatic imine (C=N–C) groups is 1. The second kappa shape index (κ2) is 30.8. The van der Waals surface area contributed by atoms with Crippen molar-refractivity contribution in [1.82, 2.24) is 42.1 Å². The summed E-state index contributed by atoms with van der Waals surface area (Å²) < 4.78 is 5.80. The van der Waals surface area contributed by atoms with Gasteiger partial charge in [-0.15, -0.1) is 0 Å². The van der Waals surface area contributed by atoms with Gasteiger partial charge in [0.05, 0.1) is 24.5 Å². The van der Waals surface area contributed by atoms with Crippen LogP contribution in [0.15, 0.2) is 71.4 Å². The van der Waals surface area contributed by atoms with Crippen LogP contribution in [0.1, 0.15) is 78.2 Å². The zero-order valence-electron chi connectivity index (χ0n) is 42.1. The van der Waals surface area contributed by atoms with Crippen LogP contribution in [-0.4, -0.2) is 150 Å². The number of primary amides is 1. The van der Waals surface area contributed by atoms with Crippen molar-refractivity contribution in [2.45, 2.75) is 121 Å². The van der Waals surface area contributed by atoms with E-state index in [1.807, 2.05) is 43.3 Å². The Morgan fingerprint density at radius 2 is 1.47 bits per heavy atom. The quantitative estimate of drug-likeness (QED) is 0.0286. The maximum Gasteiger partial charge on any atom is 0.326 e. The molecular formula is C48H72N12O13. The number of nitrogens with zero attached hydrogens (tertiary/aromatic N) is 2. The normalized spacial score (nSPS) is 23.7. The molecule has 0 aromatic heterocycles. The Labute approximate surface area is 424 Å². The number of allylic oxidation sites excluding steroid dienone is 2. The molecule has 9 atom stereocenters. The number of carboxylic acids is 2. The Hall–Kier alpha value is -7.83. The smallest absolute Gasteiger partial charge is 0.326 e. The average Bonchev–Trinajstić information content (AvgIpc) is 3.33. The highest BCUT2D eigenvalue weighted by Crippen LogP contribution is 2.18. The molecule has 1 fully saturated rings. The van der Waals surface area contributed by atoms with Gasteiger partial charge in [0.15, 0.2) is 5.96 Å². The SMILES string of the molecule is C=C1C(=O)NC(C)C(=O)NC(CCCN=C(N)N)C(=O)NC(C(=O)O)CC(=O)NC(CCCNC(N)=O)C(=O)NC(C=CC(C)=CC(C)C(Cc2ccccc2)OC)C(C)C(=O)NC(C(=O)O)CCC(=O)N1C. The molecule has 0 aliphatic carbocycles. The highest BCUT2D eigenvalue weighted by atomic mass is 16.5. The van der Waals surface area contributed by atoms with Gasteiger partial charge in [0.2, 0.25) is 35.4 Å². The molecule has 1 aliphatic heterocycles. The van der Waals surface area contributed by atoms with Crippen molar-refractivity contribution in [3.05, 3.63) is 72.0 Å². The van der Waals surface area contributed by atoms with Gasteiger partial charge >= 0.3 is 18.0 Å². The molecule has 15 N–H and O–H groups in total. The molecule has 25 nitrogen and oxygen atoms in total. The van der Waals surface area contributed by atoms with Crippen molar-refractivity contribution in [3.63, 3.8) is 0 Å². The predicted octanol–water partition coefficient (Wildman–Crippen LogP) is -1.23. The number of nitrogens with one attached hydrogen (secondary N) is 7. The van der Waals surface area contributed by atoms with Crippen LogP contribution in [0.3, 0.4) is 0 Å². The van der Waals surface area contributed by atoms with Crippen molar-refractivity contribution < 1.29 is 62.9 Å². The Balaban J connectivity index is 2.69. The number of hydrogen-bond acceptors (Lipinski definition) is 12. The van der Waals surface area contributed by atoms with Crippen LogP contribution in [0.25, 0.3) is 0 Å². The van der Waals surface area contributed by atoms with E-state index in [1.54, 1.807) is 20.1 Å². The van der Waals surface area contributed by atoms with E-state index in [2.05, 4.69) is 48.8 Å². The van der Waals surface area contributed by atoms with Crippen molar-refractivity contribution in [2.75, 3.05) is 27.2 Å². The highest BCUT2D eigenvalue weighted by Gasteiger charge is 2.34. The monoisotopic (exact) mass is 1020 g/mol. The number of carbonyl (C=O) groups is 10. The summed E-state index contributed by atoms with van der Waals surface area (Å²) in [4.78, 5) is 137. The second-order valence-electron chi connectivity index (χ2n) is 17.6. The number of carbonyl (C=O) groups excluding carboxylic acids is 8. The molecule has 1 aromatic rings. The third-order valence-electron chi connectivity index (χ3n) is 11.8. The van der Waals surface area contributed by atoms with E-state index in [1.165, 1.54) is 27.0 Å². The molecule has 0 radical (unpaired) electrons. The molecule has 0 saturated carbocycles. The topological polar surface area (TPSA) is 398 Å². The van der Waals surface area contributed by atoms with Crippen LogP contribution in [0.5, 0.6) is 0 Å². The van der Waals surface area contributed by atoms with Crippen molar-refractivity contribution in [3.8, 4) is 0 Å². The Kier molecular flexibility index (Phi) is 25.9. The molecule has 73 heavy (non-hydrogen) atoms. The summed E-state index contributed by atoms with van der Waals surface area (Å²) in [5.74, 6) is -11.4. The van der Waals surface area contributed by atoms with Crippen LogP contribution >= 0.6 is 0 Å². The molecular weight excluding hydrogens is 953 g/mol. The fourth-order valence-electron chi connectivity index (χ4n) is 7.34. The van der Waals surface area contributed by atoms with E-state index in [4.69, 9.17) is 21.9 Å². The number of nitrogens with two attached hydrogens (primary N) is 3. The number of aliphatic carboxylic acids is 2. The van der Waals surface area contributed by atoms with Gasteiger partial charge in [-0.1, -0.05) is 74.6 Å². The lowest BCUT2D eigenvalue weighted by molar-refractivity contribution is -0.144. The molecule has 0 spiro atoms. The molecule has 9 unspecified atom stereocenters. The summed E-state index contributed by atoms with van der Waals surface area (Å²) in [6, 6.07) is -0.309. The average molecular weight is 1030 g/mol. The Morgan fingerprint density at radius 1 is 0.863 bits per heavy atom. The number of amides is 9. The van der Waals surface area contributed by atoms with E-state index in [0.717, 1.165) is 10.5 Å². The first kappa shape index (κ1) is 61.3. The number of benzene rings is 1. The predicted molar refractivity (Wildman–Crippen MR) is 267 cm³/mol. The van der Waals surface area contributed by atoms with Crippen LogP contribution in [0, 0.1) is 11.8 Å². The van der Waals surface area contributed by atoms with Crippen LogP contribution < -0.4 is 54.4 Å². The Bertz CT molecular complexity index is 2230. The van der Waals surface area contributed by atoms with Gasteiger partial charge in [-0.2, -0.15) is 0 Å². The number of carboxylic acid groups (broad SMARTS) is 2. The van der Waals surface area contributed by atoms with E-state index < -0.39 is 126 Å². The number of urea groups is 1. The minimum absolute atomic E-state index is 0.00991. The molecule has 25 heteroatoms. The lowest BCUT2D eigenvalue weighted by Crippen LogP contribution is -2.56. The van der Waals surface area contributed by atoms with Crippen molar-refractivity contribution >= 4 is 65.3 Å². The minimum Gasteiger partial charge on any atom is -0.480 e. The van der Waals surface area contributed by atoms with Crippen LogP contribution in [0.4, 0.5) is 4.79 Å². The molecule has 1 heterocycles. The number of rotatable bonds is 17. The minimum atomic E-state index is -1.93. The van der Waals surface area contributed by atoms with E-state index in [9.17, 15) is 58.2 Å². The van der Waals surface area contributed by atoms with E-state index in [0.29, 0.717) is 12.0 Å². The van der Waals surface area contributed by atoms with Gasteiger partial charge in [-0.25, -0.2) is 14.4 Å². The molecule has 1 aromatic carbocycles. The summed E-state index contributed by atoms with van der Waals surface area (Å²) in [6.07, 6.45) is 3.27. The molecule has 1 aliphatic rings. The lowest BCUT2D eigenvalue weighted by atomic mass is 9.94. The van der Waals surface area contributed by atoms with E-state index in [-0.39, 0.29) is 56.8 Å². The maximum atomic E-state index is 14.3. The summed E-state index contributed by atoms with van der Waals surface area (Å²) in [5.41, 5.74) is 17.3. The molecule has 402 valence electrons. The highest BCUT2D eigenvalue weighted by molar-refractivity contribution is 6.00. The molecule has 1 saturated heterocycles. The lowest BCUT2D eigenvalue weighted by Gasteiger charge is -2.27. The van der Waals surface area contributed by atoms with E-state index >= 15 is 0 Å². The first-order chi connectivity index (χ1) is 34.3. The molecule has 2 rings (SSSR count). The van der Waals surface area contributed by atoms with Crippen LogP contribution in [0.2, 0.25) is 0 Å². The Morgan fingerprint density at radius 3 is 2.07 bits per heavy atom. The molecule has 0 bridgehead atoms. The number of hydrogen-bond donors (Lipinski definition) is 12. The number of methoxy groups -OCH3 is 1. The zero-order valence-corrected chi connectivity index (χ0v) is 42.1. The van der Waals surface area contributed by atoms with Gasteiger partial charge in [0, 0.05) is 39.6 Å². The molecule has 9 amide bonds. The zero-order chi connectivity index (χ0) is 54.9. The third kappa shape index (κ3) is 22.0. The van der Waals surface area contributed by atoms with Gasteiger partial charge < -0.3 is 74.3 Å². The summed E-state index contributed by atoms with van der Waals surface area (Å²) in [7, 11) is 2.78. The first-order valence-electron chi connectivity index (χ1n) is 23.6. The van der Waals surface area contributed by atoms with Gasteiger partial charge in [0.25, 0.3) is 5.91 Å². The fraction of sp³-hybridized carbons (Fsp3) is 0.521. The van der Waals surface area contributed by atoms with Gasteiger partial charge in [-0.05, 0) is 57.9 Å². The fourth-order valence-corrected chi connectivity index (χ4v) is 7.34. The number of ether oxygens (including phenoxy) is 1. The second-order valence-corrected chi connectivity index (χ2v) is 17.6. The summed E-state index contributed by atoms with van der Waals surface area (Å²) in [6.45, 7) is 9.93. The summed E-state index contributed by atoms with van der Waals surface area (Å²) in [5, 5.41) is 37.3. The number of likely N-dealkylation sites (N-methyl/N-ethyl adjacent to an activating group) is 1. The van der Waals surface area contributed by atoms with Gasteiger partial charge in [0.1, 0.15) is 35.9 Å². The largest absolute Gasteiger partial charge is 0.480 e. The third-order valence-corrected chi connectivity index (χ3v) is 11.8. The van der Waals surface area contributed by atoms with Crippen LogP contribution in [-0.2, 0) is 54.3 Å².